The number of benzene rings is 2. The molecule has 29 heavy (non-hydrogen) atoms. The van der Waals surface area contributed by atoms with E-state index >= 15 is 0 Å². The van der Waals surface area contributed by atoms with Crippen LogP contribution in [0.3, 0.4) is 0 Å². The molecule has 2 aromatic carbocycles. The van der Waals surface area contributed by atoms with Crippen molar-refractivity contribution in [1.82, 2.24) is 0 Å². The van der Waals surface area contributed by atoms with Crippen LogP contribution >= 0.6 is 0 Å². The Kier molecular flexibility index (Phi) is 4.54. The summed E-state index contributed by atoms with van der Waals surface area (Å²) in [5.74, 6) is -1.42. The fourth-order valence-electron chi connectivity index (χ4n) is 5.10. The zero-order chi connectivity index (χ0) is 20.0. The summed E-state index contributed by atoms with van der Waals surface area (Å²) in [7, 11) is 0. The average Bonchev–Trinajstić information content (AvgIpc) is 3.46. The number of hydrogen-bond donors (Lipinski definition) is 3. The van der Waals surface area contributed by atoms with E-state index < -0.39 is 5.97 Å². The summed E-state index contributed by atoms with van der Waals surface area (Å²) in [6.45, 7) is 0. The van der Waals surface area contributed by atoms with Crippen molar-refractivity contribution < 1.29 is 15.3 Å². The molecule has 0 aromatic heterocycles. The third-order valence-corrected chi connectivity index (χ3v) is 6.66. The standard InChI is InChI=1S/C26H26O3/c27-26(28,29)23-7-3-6-18(16-23)19-8-9-20(14-19)21-10-12-25-22(15-21)11-13-24(25)17-4-1-2-5-17/h3,6-7,9-17,24,27-29H,1-2,4-5,8H2. The molecule has 0 radical (unpaired) electrons. The first-order valence-electron chi connectivity index (χ1n) is 10.5. The molecule has 0 saturated heterocycles. The minimum Gasteiger partial charge on any atom is -0.340 e. The lowest BCUT2D eigenvalue weighted by atomic mass is 9.86. The molecule has 0 spiro atoms. The van der Waals surface area contributed by atoms with Crippen LogP contribution in [-0.4, -0.2) is 15.3 Å². The monoisotopic (exact) mass is 386 g/mol. The van der Waals surface area contributed by atoms with Crippen LogP contribution in [0.25, 0.3) is 17.2 Å². The van der Waals surface area contributed by atoms with Gasteiger partial charge in [0.1, 0.15) is 0 Å². The van der Waals surface area contributed by atoms with E-state index in [-0.39, 0.29) is 5.56 Å². The van der Waals surface area contributed by atoms with Crippen LogP contribution in [0.4, 0.5) is 0 Å². The first kappa shape index (κ1) is 18.6. The fraction of sp³-hybridized carbons (Fsp3) is 0.308. The van der Waals surface area contributed by atoms with Crippen LogP contribution in [0.5, 0.6) is 0 Å². The molecule has 0 heterocycles. The Hall–Kier alpha value is -2.46. The van der Waals surface area contributed by atoms with Crippen molar-refractivity contribution in [2.24, 2.45) is 5.92 Å². The molecule has 3 aliphatic carbocycles. The van der Waals surface area contributed by atoms with Crippen molar-refractivity contribution in [3.05, 3.63) is 88.5 Å². The van der Waals surface area contributed by atoms with Gasteiger partial charge in [0, 0.05) is 11.5 Å². The maximum absolute atomic E-state index is 9.45. The van der Waals surface area contributed by atoms with Crippen LogP contribution in [-0.2, 0) is 5.97 Å². The quantitative estimate of drug-likeness (QED) is 0.652. The van der Waals surface area contributed by atoms with E-state index in [0.717, 1.165) is 23.5 Å². The van der Waals surface area contributed by atoms with Gasteiger partial charge in [-0.15, -0.1) is 0 Å². The Labute approximate surface area is 171 Å². The van der Waals surface area contributed by atoms with Gasteiger partial charge in [-0.2, -0.15) is 0 Å². The summed E-state index contributed by atoms with van der Waals surface area (Å²) in [4.78, 5) is 0. The average molecular weight is 386 g/mol. The lowest BCUT2D eigenvalue weighted by molar-refractivity contribution is -0.323. The summed E-state index contributed by atoms with van der Waals surface area (Å²) in [6, 6.07) is 13.6. The van der Waals surface area contributed by atoms with E-state index in [1.807, 2.05) is 6.07 Å². The number of allylic oxidation sites excluding steroid dienone is 5. The third kappa shape index (κ3) is 3.51. The van der Waals surface area contributed by atoms with Gasteiger partial charge in [0.15, 0.2) is 0 Å². The van der Waals surface area contributed by atoms with E-state index in [1.165, 1.54) is 54.0 Å². The van der Waals surface area contributed by atoms with Crippen molar-refractivity contribution in [2.45, 2.75) is 44.0 Å². The predicted molar refractivity (Wildman–Crippen MR) is 116 cm³/mol. The highest BCUT2D eigenvalue weighted by Gasteiger charge is 2.28. The molecule has 5 rings (SSSR count). The number of hydrogen-bond acceptors (Lipinski definition) is 3. The molecule has 3 heteroatoms. The Morgan fingerprint density at radius 3 is 2.52 bits per heavy atom. The zero-order valence-corrected chi connectivity index (χ0v) is 16.4. The molecular weight excluding hydrogens is 360 g/mol. The molecule has 1 unspecified atom stereocenters. The second-order valence-electron chi connectivity index (χ2n) is 8.52. The highest BCUT2D eigenvalue weighted by Crippen LogP contribution is 2.44. The molecular formula is C26H26O3. The first-order valence-corrected chi connectivity index (χ1v) is 10.5. The Balaban J connectivity index is 1.39. The molecule has 2 aromatic rings. The molecule has 1 atom stereocenters. The van der Waals surface area contributed by atoms with Crippen LogP contribution < -0.4 is 0 Å². The van der Waals surface area contributed by atoms with Gasteiger partial charge in [-0.05, 0) is 70.7 Å². The Bertz CT molecular complexity index is 1030. The van der Waals surface area contributed by atoms with E-state index in [9.17, 15) is 15.3 Å². The Morgan fingerprint density at radius 1 is 0.897 bits per heavy atom. The fourth-order valence-corrected chi connectivity index (χ4v) is 5.10. The van der Waals surface area contributed by atoms with Gasteiger partial charge < -0.3 is 15.3 Å². The number of aliphatic hydroxyl groups is 3. The van der Waals surface area contributed by atoms with Gasteiger partial charge in [0.05, 0.1) is 0 Å². The highest BCUT2D eigenvalue weighted by molar-refractivity contribution is 5.90. The molecule has 1 saturated carbocycles. The van der Waals surface area contributed by atoms with Gasteiger partial charge in [0.2, 0.25) is 0 Å². The molecule has 0 aliphatic heterocycles. The van der Waals surface area contributed by atoms with Crippen LogP contribution in [0.15, 0.2) is 60.7 Å². The van der Waals surface area contributed by atoms with Crippen molar-refractivity contribution in [3.8, 4) is 0 Å². The van der Waals surface area contributed by atoms with Crippen molar-refractivity contribution in [1.29, 1.82) is 0 Å². The summed E-state index contributed by atoms with van der Waals surface area (Å²) in [6.07, 6.45) is 15.3. The smallest absolute Gasteiger partial charge is 0.304 e. The maximum Gasteiger partial charge on any atom is 0.304 e. The van der Waals surface area contributed by atoms with Crippen molar-refractivity contribution >= 4 is 17.2 Å². The zero-order valence-electron chi connectivity index (χ0n) is 16.4. The summed E-state index contributed by atoms with van der Waals surface area (Å²) >= 11 is 0. The molecule has 1 fully saturated rings. The number of rotatable bonds is 4. The van der Waals surface area contributed by atoms with Crippen LogP contribution in [0.2, 0.25) is 0 Å². The van der Waals surface area contributed by atoms with Crippen molar-refractivity contribution in [2.75, 3.05) is 0 Å². The van der Waals surface area contributed by atoms with Gasteiger partial charge >= 0.3 is 5.97 Å². The van der Waals surface area contributed by atoms with Crippen LogP contribution in [0.1, 0.15) is 65.8 Å². The van der Waals surface area contributed by atoms with E-state index in [2.05, 4.69) is 42.5 Å². The Morgan fingerprint density at radius 2 is 1.72 bits per heavy atom. The SMILES string of the molecule is OC(O)(O)c1cccc(C2=CC(c3ccc4c(c3)C=CC4C3CCCC3)=CC2)c1. The lowest BCUT2D eigenvalue weighted by Gasteiger charge is -2.18. The molecule has 0 amide bonds. The van der Waals surface area contributed by atoms with Gasteiger partial charge in [-0.3, -0.25) is 0 Å². The molecule has 148 valence electrons. The molecule has 3 nitrogen and oxygen atoms in total. The van der Waals surface area contributed by atoms with Gasteiger partial charge in [-0.25, -0.2) is 0 Å². The van der Waals surface area contributed by atoms with E-state index in [4.69, 9.17) is 0 Å². The summed E-state index contributed by atoms with van der Waals surface area (Å²) < 4.78 is 0. The summed E-state index contributed by atoms with van der Waals surface area (Å²) in [5, 5.41) is 28.3. The summed E-state index contributed by atoms with van der Waals surface area (Å²) in [5.41, 5.74) is 7.28. The highest BCUT2D eigenvalue weighted by atomic mass is 16.7. The largest absolute Gasteiger partial charge is 0.340 e. The van der Waals surface area contributed by atoms with E-state index in [0.29, 0.717) is 5.92 Å². The number of fused-ring (bicyclic) bond motifs is 1. The molecule has 3 N–H and O–H groups in total. The van der Waals surface area contributed by atoms with Gasteiger partial charge in [0.25, 0.3) is 0 Å². The lowest BCUT2D eigenvalue weighted by Crippen LogP contribution is -2.23. The van der Waals surface area contributed by atoms with Gasteiger partial charge in [-0.1, -0.05) is 67.5 Å². The minimum absolute atomic E-state index is 0.0740. The van der Waals surface area contributed by atoms with E-state index in [1.54, 1.807) is 12.1 Å². The maximum atomic E-state index is 9.45. The molecule has 0 bridgehead atoms. The molecule has 3 aliphatic rings. The second-order valence-corrected chi connectivity index (χ2v) is 8.52. The minimum atomic E-state index is -2.81. The van der Waals surface area contributed by atoms with Crippen molar-refractivity contribution in [3.63, 3.8) is 0 Å². The third-order valence-electron chi connectivity index (χ3n) is 6.66. The first-order chi connectivity index (χ1) is 14.0. The topological polar surface area (TPSA) is 60.7 Å². The normalized spacial score (nSPS) is 21.4. The second kappa shape index (κ2) is 7.10. The predicted octanol–water partition coefficient (Wildman–Crippen LogP) is 4.95. The van der Waals surface area contributed by atoms with Crippen LogP contribution in [0, 0.1) is 5.92 Å².